The fourth-order valence-corrected chi connectivity index (χ4v) is 2.91. The number of para-hydroxylation sites is 1. The van der Waals surface area contributed by atoms with E-state index in [1.54, 1.807) is 4.90 Å². The molecule has 2 aromatic rings. The molecule has 1 aliphatic heterocycles. The molecular weight excluding hydrogens is 316 g/mol. The Morgan fingerprint density at radius 1 is 1.20 bits per heavy atom. The van der Waals surface area contributed by atoms with Crippen LogP contribution in [-0.2, 0) is 11.3 Å². The third-order valence-corrected chi connectivity index (χ3v) is 4.25. The van der Waals surface area contributed by atoms with E-state index in [0.29, 0.717) is 12.2 Å². The number of nitrogen functional groups attached to an aromatic ring is 1. The lowest BCUT2D eigenvalue weighted by Crippen LogP contribution is -2.27. The summed E-state index contributed by atoms with van der Waals surface area (Å²) < 4.78 is 1.03. The molecule has 1 amide bonds. The standard InChI is InChI=1S/C16H15BrN2O/c1-10-13-3-2-4-14(18)15(13)19(16(10)20)9-11-5-7-12(17)8-6-11/h2-8,10H,9,18H2,1H3. The molecular formula is C16H15BrN2O. The molecule has 0 saturated heterocycles. The van der Waals surface area contributed by atoms with Gasteiger partial charge in [0.05, 0.1) is 23.8 Å². The van der Waals surface area contributed by atoms with E-state index in [2.05, 4.69) is 15.9 Å². The zero-order valence-corrected chi connectivity index (χ0v) is 12.7. The maximum absolute atomic E-state index is 12.4. The molecule has 20 heavy (non-hydrogen) atoms. The van der Waals surface area contributed by atoms with Crippen LogP contribution in [0.15, 0.2) is 46.9 Å². The molecule has 0 aromatic heterocycles. The van der Waals surface area contributed by atoms with Gasteiger partial charge in [-0.1, -0.05) is 40.2 Å². The van der Waals surface area contributed by atoms with Gasteiger partial charge in [-0.3, -0.25) is 4.79 Å². The van der Waals surface area contributed by atoms with Gasteiger partial charge < -0.3 is 10.6 Å². The van der Waals surface area contributed by atoms with Gasteiger partial charge in [-0.2, -0.15) is 0 Å². The van der Waals surface area contributed by atoms with Crippen molar-refractivity contribution in [2.75, 3.05) is 10.6 Å². The van der Waals surface area contributed by atoms with E-state index in [1.165, 1.54) is 0 Å². The number of hydrogen-bond donors (Lipinski definition) is 1. The largest absolute Gasteiger partial charge is 0.397 e. The van der Waals surface area contributed by atoms with Gasteiger partial charge in [0.25, 0.3) is 0 Å². The van der Waals surface area contributed by atoms with Crippen molar-refractivity contribution in [3.05, 3.63) is 58.1 Å². The van der Waals surface area contributed by atoms with E-state index >= 15 is 0 Å². The van der Waals surface area contributed by atoms with Gasteiger partial charge in [0.1, 0.15) is 0 Å². The second-order valence-corrected chi connectivity index (χ2v) is 5.97. The lowest BCUT2D eigenvalue weighted by molar-refractivity contribution is -0.119. The van der Waals surface area contributed by atoms with Crippen LogP contribution in [-0.4, -0.2) is 5.91 Å². The molecule has 0 fully saturated rings. The highest BCUT2D eigenvalue weighted by molar-refractivity contribution is 9.10. The molecule has 1 heterocycles. The van der Waals surface area contributed by atoms with E-state index in [0.717, 1.165) is 21.3 Å². The van der Waals surface area contributed by atoms with Crippen molar-refractivity contribution in [3.63, 3.8) is 0 Å². The first-order valence-corrected chi connectivity index (χ1v) is 7.31. The van der Waals surface area contributed by atoms with E-state index in [4.69, 9.17) is 5.73 Å². The van der Waals surface area contributed by atoms with Crippen molar-refractivity contribution in [2.45, 2.75) is 19.4 Å². The van der Waals surface area contributed by atoms with E-state index < -0.39 is 0 Å². The first-order chi connectivity index (χ1) is 9.58. The van der Waals surface area contributed by atoms with Crippen molar-refractivity contribution in [1.82, 2.24) is 0 Å². The van der Waals surface area contributed by atoms with Gasteiger partial charge in [0.15, 0.2) is 0 Å². The summed E-state index contributed by atoms with van der Waals surface area (Å²) in [6, 6.07) is 13.7. The molecule has 0 aliphatic carbocycles. The molecule has 4 heteroatoms. The van der Waals surface area contributed by atoms with Gasteiger partial charge in [0, 0.05) is 4.47 Å². The Labute approximate surface area is 126 Å². The molecule has 3 rings (SSSR count). The zero-order chi connectivity index (χ0) is 14.3. The third-order valence-electron chi connectivity index (χ3n) is 3.73. The number of fused-ring (bicyclic) bond motifs is 1. The maximum Gasteiger partial charge on any atom is 0.234 e. The summed E-state index contributed by atoms with van der Waals surface area (Å²) in [7, 11) is 0. The molecule has 0 radical (unpaired) electrons. The number of halogens is 1. The third kappa shape index (κ3) is 2.10. The van der Waals surface area contributed by atoms with Gasteiger partial charge in [-0.25, -0.2) is 0 Å². The monoisotopic (exact) mass is 330 g/mol. The Bertz CT molecular complexity index is 667. The van der Waals surface area contributed by atoms with Crippen LogP contribution in [0.1, 0.15) is 24.0 Å². The second-order valence-electron chi connectivity index (χ2n) is 5.06. The van der Waals surface area contributed by atoms with E-state index in [1.807, 2.05) is 49.4 Å². The fraction of sp³-hybridized carbons (Fsp3) is 0.188. The van der Waals surface area contributed by atoms with Crippen molar-refractivity contribution in [3.8, 4) is 0 Å². The first-order valence-electron chi connectivity index (χ1n) is 6.52. The van der Waals surface area contributed by atoms with Gasteiger partial charge in [0.2, 0.25) is 5.91 Å². The van der Waals surface area contributed by atoms with Crippen molar-refractivity contribution in [2.24, 2.45) is 0 Å². The summed E-state index contributed by atoms with van der Waals surface area (Å²) in [4.78, 5) is 14.2. The normalized spacial score (nSPS) is 17.4. The van der Waals surface area contributed by atoms with E-state index in [9.17, 15) is 4.79 Å². The molecule has 1 atom stereocenters. The summed E-state index contributed by atoms with van der Waals surface area (Å²) in [5.74, 6) is -0.00947. The number of carbonyl (C=O) groups is 1. The summed E-state index contributed by atoms with van der Waals surface area (Å²) in [5.41, 5.74) is 9.70. The Balaban J connectivity index is 1.99. The van der Waals surface area contributed by atoms with Crippen LogP contribution in [0.3, 0.4) is 0 Å². The minimum Gasteiger partial charge on any atom is -0.397 e. The number of benzene rings is 2. The molecule has 2 aromatic carbocycles. The number of carbonyl (C=O) groups excluding carboxylic acids is 1. The number of rotatable bonds is 2. The smallest absolute Gasteiger partial charge is 0.234 e. The summed E-state index contributed by atoms with van der Waals surface area (Å²) >= 11 is 3.42. The number of anilines is 2. The van der Waals surface area contributed by atoms with Crippen LogP contribution in [0.2, 0.25) is 0 Å². The Hall–Kier alpha value is -1.81. The van der Waals surface area contributed by atoms with Gasteiger partial charge in [-0.05, 0) is 36.2 Å². The summed E-state index contributed by atoms with van der Waals surface area (Å²) in [6.45, 7) is 2.49. The highest BCUT2D eigenvalue weighted by Crippen LogP contribution is 2.41. The van der Waals surface area contributed by atoms with Crippen LogP contribution in [0.25, 0.3) is 0 Å². The summed E-state index contributed by atoms with van der Waals surface area (Å²) in [5, 5.41) is 0. The first kappa shape index (κ1) is 13.2. The highest BCUT2D eigenvalue weighted by atomic mass is 79.9. The molecule has 2 N–H and O–H groups in total. The number of nitrogens with zero attached hydrogens (tertiary/aromatic N) is 1. The highest BCUT2D eigenvalue weighted by Gasteiger charge is 2.35. The number of hydrogen-bond acceptors (Lipinski definition) is 2. The van der Waals surface area contributed by atoms with Crippen LogP contribution < -0.4 is 10.6 Å². The van der Waals surface area contributed by atoms with Crippen LogP contribution in [0.4, 0.5) is 11.4 Å². The minimum atomic E-state index is -0.121. The van der Waals surface area contributed by atoms with Crippen LogP contribution >= 0.6 is 15.9 Å². The minimum absolute atomic E-state index is 0.112. The molecule has 102 valence electrons. The van der Waals surface area contributed by atoms with Crippen molar-refractivity contribution < 1.29 is 4.79 Å². The zero-order valence-electron chi connectivity index (χ0n) is 11.1. The lowest BCUT2D eigenvalue weighted by Gasteiger charge is -2.19. The topological polar surface area (TPSA) is 46.3 Å². The Morgan fingerprint density at radius 3 is 2.60 bits per heavy atom. The predicted octanol–water partition coefficient (Wildman–Crippen LogP) is 3.68. The molecule has 3 nitrogen and oxygen atoms in total. The average molecular weight is 331 g/mol. The SMILES string of the molecule is CC1C(=O)N(Cc2ccc(Br)cc2)c2c(N)cccc21. The fourth-order valence-electron chi connectivity index (χ4n) is 2.65. The van der Waals surface area contributed by atoms with Gasteiger partial charge in [-0.15, -0.1) is 0 Å². The Morgan fingerprint density at radius 2 is 1.90 bits per heavy atom. The molecule has 0 saturated carbocycles. The average Bonchev–Trinajstić information content (AvgIpc) is 2.68. The number of nitrogens with two attached hydrogens (primary N) is 1. The van der Waals surface area contributed by atoms with Gasteiger partial charge >= 0.3 is 0 Å². The summed E-state index contributed by atoms with van der Waals surface area (Å²) in [6.07, 6.45) is 0. The van der Waals surface area contributed by atoms with E-state index in [-0.39, 0.29) is 11.8 Å². The van der Waals surface area contributed by atoms with Crippen LogP contribution in [0, 0.1) is 0 Å². The molecule has 0 spiro atoms. The molecule has 1 unspecified atom stereocenters. The van der Waals surface area contributed by atoms with Crippen molar-refractivity contribution >= 4 is 33.2 Å². The molecule has 0 bridgehead atoms. The second kappa shape index (κ2) is 4.94. The number of amides is 1. The van der Waals surface area contributed by atoms with Crippen molar-refractivity contribution in [1.29, 1.82) is 0 Å². The quantitative estimate of drug-likeness (QED) is 0.854. The predicted molar refractivity (Wildman–Crippen MR) is 84.6 cm³/mol. The Kier molecular flexibility index (Phi) is 3.26. The molecule has 1 aliphatic rings. The lowest BCUT2D eigenvalue weighted by atomic mass is 10.0. The maximum atomic E-state index is 12.4. The van der Waals surface area contributed by atoms with Crippen LogP contribution in [0.5, 0.6) is 0 Å².